The van der Waals surface area contributed by atoms with Crippen molar-refractivity contribution in [1.82, 2.24) is 0 Å². The number of phosphoric acid groups is 2. The first-order chi connectivity index (χ1) is 4.27. The second-order valence-corrected chi connectivity index (χ2v) is 5.26. The summed E-state index contributed by atoms with van der Waals surface area (Å²) in [6.07, 6.45) is 0. The van der Waals surface area contributed by atoms with Crippen LogP contribution in [0.15, 0.2) is 0 Å². The maximum atomic E-state index is 10.2. The van der Waals surface area contributed by atoms with E-state index in [1.807, 2.05) is 0 Å². The van der Waals surface area contributed by atoms with E-state index in [1.165, 1.54) is 0 Å². The number of rotatable bonds is 3. The van der Waals surface area contributed by atoms with Crippen LogP contribution in [0, 0.1) is 0 Å². The van der Waals surface area contributed by atoms with Crippen LogP contribution in [-0.4, -0.2) is 37.4 Å². The van der Waals surface area contributed by atoms with E-state index in [9.17, 15) is 9.13 Å². The molecule has 0 heterocycles. The molecule has 10 heavy (non-hydrogen) atoms. The van der Waals surface area contributed by atoms with E-state index >= 15 is 0 Å². The Labute approximate surface area is 69.6 Å². The monoisotopic (exact) mass is 308 g/mol. The van der Waals surface area contributed by atoms with E-state index in [0.717, 1.165) is 0 Å². The first-order valence-corrected chi connectivity index (χ1v) is 5.76. The van der Waals surface area contributed by atoms with Gasteiger partial charge < -0.3 is 0 Å². The Balaban J connectivity index is 4.17. The molecule has 0 fully saturated rings. The van der Waals surface area contributed by atoms with Gasteiger partial charge in [0.1, 0.15) is 0 Å². The van der Waals surface area contributed by atoms with Crippen LogP contribution in [0.1, 0.15) is 0 Å². The Morgan fingerprint density at radius 2 is 1.60 bits per heavy atom. The van der Waals surface area contributed by atoms with E-state index in [0.29, 0.717) is 22.7 Å². The average molecular weight is 306 g/mol. The summed E-state index contributed by atoms with van der Waals surface area (Å²) in [6, 6.07) is 0. The molecule has 0 saturated heterocycles. The topological polar surface area (TPSA) is 113 Å². The summed E-state index contributed by atoms with van der Waals surface area (Å²) < 4.78 is 27.2. The van der Waals surface area contributed by atoms with Crippen molar-refractivity contribution in [2.24, 2.45) is 0 Å². The van der Waals surface area contributed by atoms with Gasteiger partial charge in [0.05, 0.1) is 0 Å². The molecule has 0 rings (SSSR count). The molecule has 0 amide bonds. The normalized spacial score (nSPS) is 18.4. The van der Waals surface area contributed by atoms with Crippen molar-refractivity contribution in [2.75, 3.05) is 0 Å². The molecule has 10 heteroatoms. The van der Waals surface area contributed by atoms with Crippen LogP contribution in [0.5, 0.6) is 0 Å². The summed E-state index contributed by atoms with van der Waals surface area (Å²) in [7, 11) is -9.47. The second kappa shape index (κ2) is 3.63. The van der Waals surface area contributed by atoms with Crippen molar-refractivity contribution in [2.45, 2.75) is 0 Å². The first kappa shape index (κ1) is 11.0. The molecule has 0 aromatic heterocycles. The molecule has 0 aliphatic heterocycles. The Morgan fingerprint density at radius 1 is 1.20 bits per heavy atom. The van der Waals surface area contributed by atoms with Gasteiger partial charge in [-0.2, -0.15) is 0 Å². The fourth-order valence-electron chi connectivity index (χ4n) is 0.149. The van der Waals surface area contributed by atoms with Crippen molar-refractivity contribution in [3.8, 4) is 0 Å². The standard InChI is InChI=1S/H4O7P2Te/c1-8(2,3)6-9(4,5)7-10/h10H,(H,4,5)(H2,1,2,3). The molecular formula is H4O7P2Te. The zero-order chi connectivity index (χ0) is 8.41. The molecular weight excluding hydrogens is 302 g/mol. The zero-order valence-electron chi connectivity index (χ0n) is 4.32. The summed E-state index contributed by atoms with van der Waals surface area (Å²) in [5.41, 5.74) is 0. The fourth-order valence-corrected chi connectivity index (χ4v) is 2.11. The van der Waals surface area contributed by atoms with Gasteiger partial charge in [-0.1, -0.05) is 0 Å². The van der Waals surface area contributed by atoms with Gasteiger partial charge in [-0.25, -0.2) is 0 Å². The summed E-state index contributed by atoms with van der Waals surface area (Å²) in [5.74, 6) is 0. The van der Waals surface area contributed by atoms with E-state index in [4.69, 9.17) is 14.7 Å². The molecule has 3 N–H and O–H groups in total. The van der Waals surface area contributed by atoms with Crippen LogP contribution in [0.2, 0.25) is 0 Å². The predicted octanol–water partition coefficient (Wildman–Crippen LogP) is -0.972. The van der Waals surface area contributed by atoms with E-state index < -0.39 is 15.6 Å². The minimum absolute atomic E-state index is 0.454. The summed E-state index contributed by atoms with van der Waals surface area (Å²) >= 11 is 0.454. The van der Waals surface area contributed by atoms with Crippen LogP contribution in [0.25, 0.3) is 0 Å². The van der Waals surface area contributed by atoms with Crippen molar-refractivity contribution < 1.29 is 31.0 Å². The van der Waals surface area contributed by atoms with Crippen LogP contribution in [0.4, 0.5) is 0 Å². The third-order valence-electron chi connectivity index (χ3n) is 0.313. The van der Waals surface area contributed by atoms with Gasteiger partial charge in [-0.05, 0) is 0 Å². The molecule has 0 aromatic rings. The van der Waals surface area contributed by atoms with Gasteiger partial charge >= 0.3 is 69.4 Å². The van der Waals surface area contributed by atoms with Gasteiger partial charge in [-0.15, -0.1) is 0 Å². The molecule has 0 saturated carbocycles. The molecule has 1 atom stereocenters. The van der Waals surface area contributed by atoms with Gasteiger partial charge in [0.15, 0.2) is 0 Å². The SMILES string of the molecule is O=P(O)(O)OP(=O)(O)O[TeH]. The van der Waals surface area contributed by atoms with Gasteiger partial charge in [0.2, 0.25) is 0 Å². The number of hydrogen-bond acceptors (Lipinski definition) is 4. The van der Waals surface area contributed by atoms with E-state index in [1.54, 1.807) is 0 Å². The third kappa shape index (κ3) is 5.81. The Morgan fingerprint density at radius 3 is 1.70 bits per heavy atom. The molecule has 62 valence electrons. The third-order valence-corrected chi connectivity index (χ3v) is 3.96. The van der Waals surface area contributed by atoms with E-state index in [-0.39, 0.29) is 0 Å². The molecule has 0 aliphatic rings. The molecule has 7 nitrogen and oxygen atoms in total. The first-order valence-electron chi connectivity index (χ1n) is 1.70. The predicted molar refractivity (Wildman–Crippen MR) is 31.2 cm³/mol. The van der Waals surface area contributed by atoms with Crippen molar-refractivity contribution >= 4 is 38.4 Å². The molecule has 0 aliphatic carbocycles. The Bertz CT molecular complexity index is 190. The molecule has 0 spiro atoms. The van der Waals surface area contributed by atoms with E-state index in [2.05, 4.69) is 7.20 Å². The van der Waals surface area contributed by atoms with Crippen LogP contribution in [-0.2, 0) is 16.3 Å². The summed E-state index contributed by atoms with van der Waals surface area (Å²) in [5, 5.41) is 0. The van der Waals surface area contributed by atoms with Crippen molar-refractivity contribution in [3.63, 3.8) is 0 Å². The Hall–Kier alpha value is 1.05. The summed E-state index contributed by atoms with van der Waals surface area (Å²) in [6.45, 7) is 0. The Kier molecular flexibility index (Phi) is 4.02. The molecule has 1 unspecified atom stereocenters. The van der Waals surface area contributed by atoms with Crippen molar-refractivity contribution in [1.29, 1.82) is 0 Å². The fraction of sp³-hybridized carbons (Fsp3) is 0. The van der Waals surface area contributed by atoms with Gasteiger partial charge in [-0.3, -0.25) is 0 Å². The second-order valence-electron chi connectivity index (χ2n) is 1.12. The zero-order valence-corrected chi connectivity index (χ0v) is 8.66. The molecule has 0 aromatic carbocycles. The van der Waals surface area contributed by atoms with Gasteiger partial charge in [0.25, 0.3) is 0 Å². The minimum atomic E-state index is -4.93. The van der Waals surface area contributed by atoms with Crippen LogP contribution in [0.3, 0.4) is 0 Å². The summed E-state index contributed by atoms with van der Waals surface area (Å²) in [4.78, 5) is 24.2. The van der Waals surface area contributed by atoms with Crippen molar-refractivity contribution in [3.05, 3.63) is 0 Å². The number of hydrogen-bond donors (Lipinski definition) is 3. The van der Waals surface area contributed by atoms with Crippen LogP contribution < -0.4 is 0 Å². The van der Waals surface area contributed by atoms with Gasteiger partial charge in [0, 0.05) is 0 Å². The molecule has 0 bridgehead atoms. The maximum absolute atomic E-state index is 10.2. The quantitative estimate of drug-likeness (QED) is 0.454. The van der Waals surface area contributed by atoms with Crippen LogP contribution >= 0.6 is 15.6 Å². The average Bonchev–Trinajstić information content (AvgIpc) is 1.60. The molecule has 0 radical (unpaired) electrons.